The number of sulfonamides is 1. The predicted molar refractivity (Wildman–Crippen MR) is 116 cm³/mol. The number of anilines is 1. The molecule has 4 rings (SSSR count). The SMILES string of the molecule is Cc1ccc(C)c(S(=O)(=O)NCc2nc(N3CCCC3)c3cc(Cl)ccc3n2)c1. The Hall–Kier alpha value is -2.22. The van der Waals surface area contributed by atoms with Gasteiger partial charge in [0.25, 0.3) is 0 Å². The quantitative estimate of drug-likeness (QED) is 0.662. The van der Waals surface area contributed by atoms with Gasteiger partial charge in [-0.15, -0.1) is 0 Å². The number of rotatable bonds is 5. The van der Waals surface area contributed by atoms with Crippen LogP contribution in [-0.4, -0.2) is 31.5 Å². The maximum Gasteiger partial charge on any atom is 0.241 e. The molecule has 3 aromatic rings. The van der Waals surface area contributed by atoms with E-state index < -0.39 is 10.0 Å². The number of halogens is 1. The highest BCUT2D eigenvalue weighted by atomic mass is 35.5. The maximum absolute atomic E-state index is 12.8. The summed E-state index contributed by atoms with van der Waals surface area (Å²) in [5.41, 5.74) is 2.35. The lowest BCUT2D eigenvalue weighted by molar-refractivity contribution is 0.578. The van der Waals surface area contributed by atoms with Gasteiger partial charge in [0.05, 0.1) is 17.0 Å². The van der Waals surface area contributed by atoms with Gasteiger partial charge in [-0.25, -0.2) is 23.1 Å². The highest BCUT2D eigenvalue weighted by Gasteiger charge is 2.21. The zero-order valence-electron chi connectivity index (χ0n) is 16.4. The molecule has 0 amide bonds. The molecule has 6 nitrogen and oxygen atoms in total. The lowest BCUT2D eigenvalue weighted by atomic mass is 10.2. The van der Waals surface area contributed by atoms with E-state index in [4.69, 9.17) is 11.6 Å². The van der Waals surface area contributed by atoms with Gasteiger partial charge in [-0.1, -0.05) is 23.7 Å². The zero-order valence-corrected chi connectivity index (χ0v) is 18.0. The number of aromatic nitrogens is 2. The smallest absolute Gasteiger partial charge is 0.241 e. The van der Waals surface area contributed by atoms with E-state index in [1.54, 1.807) is 19.1 Å². The average molecular weight is 431 g/mol. The van der Waals surface area contributed by atoms with E-state index in [1.165, 1.54) is 0 Å². The highest BCUT2D eigenvalue weighted by molar-refractivity contribution is 7.89. The van der Waals surface area contributed by atoms with Crippen LogP contribution in [-0.2, 0) is 16.6 Å². The second kappa shape index (κ2) is 7.89. The average Bonchev–Trinajstić information content (AvgIpc) is 3.22. The monoisotopic (exact) mass is 430 g/mol. The normalized spacial score (nSPS) is 14.7. The molecule has 1 aliphatic rings. The third-order valence-corrected chi connectivity index (χ3v) is 6.92. The summed E-state index contributed by atoms with van der Waals surface area (Å²) in [5, 5.41) is 1.52. The summed E-state index contributed by atoms with van der Waals surface area (Å²) in [6, 6.07) is 10.9. The molecular weight excluding hydrogens is 408 g/mol. The Morgan fingerprint density at radius 3 is 2.59 bits per heavy atom. The van der Waals surface area contributed by atoms with Crippen molar-refractivity contribution >= 4 is 38.3 Å². The van der Waals surface area contributed by atoms with Gasteiger partial charge in [0.2, 0.25) is 10.0 Å². The molecule has 0 saturated carbocycles. The Labute approximate surface area is 176 Å². The lowest BCUT2D eigenvalue weighted by Gasteiger charge is -2.19. The topological polar surface area (TPSA) is 75.2 Å². The number of aryl methyl sites for hydroxylation is 2. The van der Waals surface area contributed by atoms with Crippen molar-refractivity contribution in [1.82, 2.24) is 14.7 Å². The van der Waals surface area contributed by atoms with Crippen molar-refractivity contribution in [1.29, 1.82) is 0 Å². The van der Waals surface area contributed by atoms with E-state index >= 15 is 0 Å². The molecular formula is C21H23ClN4O2S. The summed E-state index contributed by atoms with van der Waals surface area (Å²) in [5.74, 6) is 1.26. The summed E-state index contributed by atoms with van der Waals surface area (Å²) in [6.07, 6.45) is 2.22. The van der Waals surface area contributed by atoms with Gasteiger partial charge >= 0.3 is 0 Å². The van der Waals surface area contributed by atoms with Crippen LogP contribution in [0.1, 0.15) is 29.8 Å². The molecule has 8 heteroatoms. The van der Waals surface area contributed by atoms with Crippen LogP contribution in [0.25, 0.3) is 10.9 Å². The first-order valence-electron chi connectivity index (χ1n) is 9.61. The van der Waals surface area contributed by atoms with Crippen LogP contribution in [0, 0.1) is 13.8 Å². The van der Waals surface area contributed by atoms with Crippen LogP contribution in [0.3, 0.4) is 0 Å². The minimum atomic E-state index is -3.67. The first kappa shape index (κ1) is 20.1. The minimum absolute atomic E-state index is 0.0229. The summed E-state index contributed by atoms with van der Waals surface area (Å²) in [7, 11) is -3.67. The van der Waals surface area contributed by atoms with E-state index in [9.17, 15) is 8.42 Å². The first-order valence-corrected chi connectivity index (χ1v) is 11.5. The van der Waals surface area contributed by atoms with Crippen molar-refractivity contribution in [3.8, 4) is 0 Å². The van der Waals surface area contributed by atoms with Crippen molar-refractivity contribution in [2.45, 2.75) is 38.1 Å². The second-order valence-electron chi connectivity index (χ2n) is 7.41. The van der Waals surface area contributed by atoms with Gasteiger partial charge in [0.15, 0.2) is 0 Å². The number of benzene rings is 2. The second-order valence-corrected chi connectivity index (χ2v) is 9.58. The molecule has 1 saturated heterocycles. The number of nitrogens with one attached hydrogen (secondary N) is 1. The Morgan fingerprint density at radius 1 is 1.07 bits per heavy atom. The van der Waals surface area contributed by atoms with Crippen molar-refractivity contribution < 1.29 is 8.42 Å². The standard InChI is InChI=1S/C21H23ClN4O2S/c1-14-5-6-15(2)19(11-14)29(27,28)23-13-20-24-18-8-7-16(22)12-17(18)21(25-20)26-9-3-4-10-26/h5-8,11-12,23H,3-4,9-10,13H2,1-2H3. The van der Waals surface area contributed by atoms with Crippen LogP contribution in [0.5, 0.6) is 0 Å². The fraction of sp³-hybridized carbons (Fsp3) is 0.333. The number of nitrogens with zero attached hydrogens (tertiary/aromatic N) is 3. The largest absolute Gasteiger partial charge is 0.356 e. The summed E-state index contributed by atoms with van der Waals surface area (Å²) in [4.78, 5) is 11.7. The minimum Gasteiger partial charge on any atom is -0.356 e. The van der Waals surface area contributed by atoms with Crippen molar-refractivity contribution in [2.24, 2.45) is 0 Å². The maximum atomic E-state index is 12.8. The molecule has 0 spiro atoms. The van der Waals surface area contributed by atoms with Gasteiger partial charge in [-0.2, -0.15) is 0 Å². The fourth-order valence-electron chi connectivity index (χ4n) is 3.61. The van der Waals surface area contributed by atoms with E-state index in [2.05, 4.69) is 19.6 Å². The number of hydrogen-bond acceptors (Lipinski definition) is 5. The van der Waals surface area contributed by atoms with Gasteiger partial charge in [0, 0.05) is 23.5 Å². The number of fused-ring (bicyclic) bond motifs is 1. The molecule has 29 heavy (non-hydrogen) atoms. The molecule has 1 N–H and O–H groups in total. The van der Waals surface area contributed by atoms with Crippen LogP contribution >= 0.6 is 11.6 Å². The van der Waals surface area contributed by atoms with E-state index in [0.717, 1.165) is 48.2 Å². The third-order valence-electron chi connectivity index (χ3n) is 5.14. The Bertz CT molecular complexity index is 1170. The van der Waals surface area contributed by atoms with Crippen LogP contribution < -0.4 is 9.62 Å². The van der Waals surface area contributed by atoms with E-state index in [0.29, 0.717) is 16.4 Å². The van der Waals surface area contributed by atoms with Gasteiger partial charge in [-0.3, -0.25) is 0 Å². The predicted octanol–water partition coefficient (Wildman–Crippen LogP) is 3.98. The summed E-state index contributed by atoms with van der Waals surface area (Å²) < 4.78 is 28.3. The molecule has 2 aromatic carbocycles. The summed E-state index contributed by atoms with van der Waals surface area (Å²) in [6.45, 7) is 5.53. The lowest BCUT2D eigenvalue weighted by Crippen LogP contribution is -2.26. The van der Waals surface area contributed by atoms with Crippen LogP contribution in [0.2, 0.25) is 5.02 Å². The molecule has 0 aliphatic carbocycles. The number of hydrogen-bond donors (Lipinski definition) is 1. The zero-order chi connectivity index (χ0) is 20.6. The Balaban J connectivity index is 1.67. The Kier molecular flexibility index (Phi) is 5.46. The van der Waals surface area contributed by atoms with E-state index in [1.807, 2.05) is 31.2 Å². The fourth-order valence-corrected chi connectivity index (χ4v) is 5.09. The third kappa shape index (κ3) is 4.22. The molecule has 1 aliphatic heterocycles. The highest BCUT2D eigenvalue weighted by Crippen LogP contribution is 2.29. The molecule has 0 atom stereocenters. The van der Waals surface area contributed by atoms with Crippen molar-refractivity contribution in [3.63, 3.8) is 0 Å². The molecule has 0 unspecified atom stereocenters. The van der Waals surface area contributed by atoms with E-state index in [-0.39, 0.29) is 11.4 Å². The molecule has 0 radical (unpaired) electrons. The molecule has 1 aromatic heterocycles. The van der Waals surface area contributed by atoms with Gasteiger partial charge in [0.1, 0.15) is 11.6 Å². The summed E-state index contributed by atoms with van der Waals surface area (Å²) >= 11 is 6.19. The van der Waals surface area contributed by atoms with Crippen molar-refractivity contribution in [3.05, 3.63) is 58.4 Å². The van der Waals surface area contributed by atoms with Crippen LogP contribution in [0.4, 0.5) is 5.82 Å². The van der Waals surface area contributed by atoms with Crippen LogP contribution in [0.15, 0.2) is 41.3 Å². The molecule has 152 valence electrons. The Morgan fingerprint density at radius 2 is 1.83 bits per heavy atom. The first-order chi connectivity index (χ1) is 13.8. The van der Waals surface area contributed by atoms with Gasteiger partial charge < -0.3 is 4.90 Å². The molecule has 2 heterocycles. The van der Waals surface area contributed by atoms with Crippen molar-refractivity contribution in [2.75, 3.05) is 18.0 Å². The van der Waals surface area contributed by atoms with Gasteiger partial charge in [-0.05, 0) is 62.1 Å². The molecule has 0 bridgehead atoms. The molecule has 1 fully saturated rings.